The van der Waals surface area contributed by atoms with E-state index >= 15 is 0 Å². The lowest BCUT2D eigenvalue weighted by Crippen LogP contribution is -2.05. The van der Waals surface area contributed by atoms with E-state index in [2.05, 4.69) is 161 Å². The van der Waals surface area contributed by atoms with Crippen molar-refractivity contribution in [2.24, 2.45) is 0 Å². The predicted octanol–water partition coefficient (Wildman–Crippen LogP) is 12.2. The lowest BCUT2D eigenvalue weighted by molar-refractivity contribution is 1.05. The van der Waals surface area contributed by atoms with Crippen molar-refractivity contribution in [2.45, 2.75) is 0 Å². The van der Waals surface area contributed by atoms with Gasteiger partial charge >= 0.3 is 0 Å². The molecule has 0 fully saturated rings. The smallest absolute Gasteiger partial charge is 0.162 e. The van der Waals surface area contributed by atoms with Crippen LogP contribution in [-0.4, -0.2) is 34.1 Å². The van der Waals surface area contributed by atoms with Gasteiger partial charge in [-0.3, -0.25) is 9.13 Å². The van der Waals surface area contributed by atoms with E-state index < -0.39 is 0 Å². The number of rotatable bonds is 5. The Balaban J connectivity index is 1.20. The van der Waals surface area contributed by atoms with Crippen LogP contribution in [0.25, 0.3) is 111 Å². The van der Waals surface area contributed by atoms with Crippen LogP contribution in [-0.2, 0) is 0 Å². The monoisotopic (exact) mass is 741 g/mol. The fourth-order valence-corrected chi connectivity index (χ4v) is 8.56. The van der Waals surface area contributed by atoms with Crippen LogP contribution in [0, 0.1) is 0 Å². The first-order valence-corrected chi connectivity index (χ1v) is 19.3. The van der Waals surface area contributed by atoms with Gasteiger partial charge in [-0.1, -0.05) is 103 Å². The Kier molecular flexibility index (Phi) is 7.09. The molecule has 0 aliphatic carbocycles. The zero-order valence-electron chi connectivity index (χ0n) is 31.0. The molecule has 0 saturated heterocycles. The standard InChI is InChI=1S/C51H31N7/c1-3-13-32(14-4-1)35-29-36(33-15-5-2-6-16-33)31-37(30-35)48-55-47-42(51(56-48)58-44-22-10-8-18-39(44)41-20-12-28-53-50(41)58)25-23-34-24-26-45(54-46(34)47)57-43-21-9-7-17-38(43)40-19-11-27-52-49(40)57/h1-31H. The van der Waals surface area contributed by atoms with Crippen molar-refractivity contribution >= 4 is 65.7 Å². The first-order chi connectivity index (χ1) is 28.8. The summed E-state index contributed by atoms with van der Waals surface area (Å²) in [6.45, 7) is 0. The minimum Gasteiger partial charge on any atom is -0.278 e. The molecule has 58 heavy (non-hydrogen) atoms. The fraction of sp³-hybridized carbons (Fsp3) is 0. The number of aromatic nitrogens is 7. The fourth-order valence-electron chi connectivity index (χ4n) is 8.56. The van der Waals surface area contributed by atoms with Crippen molar-refractivity contribution in [3.8, 4) is 45.3 Å². The molecule has 0 unspecified atom stereocenters. The van der Waals surface area contributed by atoms with E-state index in [0.717, 1.165) is 105 Å². The average molecular weight is 742 g/mol. The van der Waals surface area contributed by atoms with Gasteiger partial charge in [-0.2, -0.15) is 0 Å². The van der Waals surface area contributed by atoms with E-state index in [1.165, 1.54) is 0 Å². The third-order valence-corrected chi connectivity index (χ3v) is 11.2. The van der Waals surface area contributed by atoms with Crippen molar-refractivity contribution in [1.82, 2.24) is 34.1 Å². The van der Waals surface area contributed by atoms with Crippen LogP contribution in [0.5, 0.6) is 0 Å². The molecule has 0 radical (unpaired) electrons. The normalized spacial score (nSPS) is 11.8. The van der Waals surface area contributed by atoms with Gasteiger partial charge < -0.3 is 0 Å². The van der Waals surface area contributed by atoms with Gasteiger partial charge in [-0.25, -0.2) is 24.9 Å². The summed E-state index contributed by atoms with van der Waals surface area (Å²) in [6.07, 6.45) is 3.69. The minimum absolute atomic E-state index is 0.595. The molecule has 0 N–H and O–H groups in total. The maximum absolute atomic E-state index is 5.51. The molecule has 7 nitrogen and oxygen atoms in total. The number of para-hydroxylation sites is 2. The van der Waals surface area contributed by atoms with Gasteiger partial charge in [-0.15, -0.1) is 0 Å². The Bertz CT molecular complexity index is 3410. The van der Waals surface area contributed by atoms with Crippen molar-refractivity contribution in [3.63, 3.8) is 0 Å². The molecule has 0 atom stereocenters. The van der Waals surface area contributed by atoms with E-state index in [1.54, 1.807) is 0 Å². The quantitative estimate of drug-likeness (QED) is 0.164. The van der Waals surface area contributed by atoms with Gasteiger partial charge in [-0.05, 0) is 95.1 Å². The van der Waals surface area contributed by atoms with Crippen LogP contribution in [0.3, 0.4) is 0 Å². The molecule has 0 spiro atoms. The molecule has 6 aromatic heterocycles. The van der Waals surface area contributed by atoms with E-state index in [4.69, 9.17) is 24.9 Å². The third-order valence-electron chi connectivity index (χ3n) is 11.2. The molecule has 270 valence electrons. The molecule has 12 aromatic rings. The number of fused-ring (bicyclic) bond motifs is 9. The summed E-state index contributed by atoms with van der Waals surface area (Å²) < 4.78 is 4.34. The van der Waals surface area contributed by atoms with Crippen LogP contribution in [0.2, 0.25) is 0 Å². The van der Waals surface area contributed by atoms with Crippen LogP contribution in [0.4, 0.5) is 0 Å². The number of hydrogen-bond acceptors (Lipinski definition) is 5. The summed E-state index contributed by atoms with van der Waals surface area (Å²) >= 11 is 0. The van der Waals surface area contributed by atoms with Gasteiger partial charge in [0.1, 0.15) is 22.6 Å². The second kappa shape index (κ2) is 12.8. The molecule has 0 bridgehead atoms. The molecule has 0 aliphatic heterocycles. The van der Waals surface area contributed by atoms with Crippen molar-refractivity contribution < 1.29 is 0 Å². The van der Waals surface area contributed by atoms with Crippen LogP contribution >= 0.6 is 0 Å². The minimum atomic E-state index is 0.595. The highest BCUT2D eigenvalue weighted by atomic mass is 15.1. The molecule has 7 heteroatoms. The first kappa shape index (κ1) is 32.2. The van der Waals surface area contributed by atoms with Crippen LogP contribution in [0.1, 0.15) is 0 Å². The van der Waals surface area contributed by atoms with Gasteiger partial charge in [0.05, 0.1) is 16.6 Å². The van der Waals surface area contributed by atoms with Gasteiger partial charge in [0.25, 0.3) is 0 Å². The van der Waals surface area contributed by atoms with E-state index in [1.807, 2.05) is 36.7 Å². The number of hydrogen-bond donors (Lipinski definition) is 0. The molecule has 12 rings (SSSR count). The van der Waals surface area contributed by atoms with Crippen LogP contribution in [0.15, 0.2) is 188 Å². The number of pyridine rings is 3. The topological polar surface area (TPSA) is 74.3 Å². The SMILES string of the molecule is c1ccc(-c2cc(-c3ccccc3)cc(-c3nc(-n4c5ccccc5c5cccnc54)c4ccc5ccc(-n6c7ccccc7c7cccnc76)nc5c4n3)c2)cc1. The summed E-state index contributed by atoms with van der Waals surface area (Å²) in [6, 6.07) is 61.1. The lowest BCUT2D eigenvalue weighted by atomic mass is 9.95. The molecule has 0 aliphatic rings. The Labute approximate surface area is 332 Å². The largest absolute Gasteiger partial charge is 0.278 e. The predicted molar refractivity (Wildman–Crippen MR) is 235 cm³/mol. The molecule has 6 heterocycles. The zero-order chi connectivity index (χ0) is 38.2. The number of nitrogens with zero attached hydrogens (tertiary/aromatic N) is 7. The maximum Gasteiger partial charge on any atom is 0.162 e. The lowest BCUT2D eigenvalue weighted by Gasteiger charge is -2.15. The highest BCUT2D eigenvalue weighted by molar-refractivity contribution is 6.12. The molecule has 0 saturated carbocycles. The maximum atomic E-state index is 5.51. The van der Waals surface area contributed by atoms with E-state index in [-0.39, 0.29) is 0 Å². The van der Waals surface area contributed by atoms with Crippen LogP contribution < -0.4 is 0 Å². The zero-order valence-corrected chi connectivity index (χ0v) is 31.0. The Morgan fingerprint density at radius 2 is 0.879 bits per heavy atom. The average Bonchev–Trinajstić information content (AvgIpc) is 3.82. The second-order valence-electron chi connectivity index (χ2n) is 14.6. The summed E-state index contributed by atoms with van der Waals surface area (Å²) in [5.74, 6) is 2.10. The van der Waals surface area contributed by atoms with Gasteiger partial charge in [0.15, 0.2) is 11.6 Å². The van der Waals surface area contributed by atoms with Crippen molar-refractivity contribution in [1.29, 1.82) is 0 Å². The third kappa shape index (κ3) is 4.97. The van der Waals surface area contributed by atoms with E-state index in [0.29, 0.717) is 5.82 Å². The highest BCUT2D eigenvalue weighted by Crippen LogP contribution is 2.38. The summed E-state index contributed by atoms with van der Waals surface area (Å²) in [7, 11) is 0. The van der Waals surface area contributed by atoms with Gasteiger partial charge in [0, 0.05) is 50.3 Å². The molecule has 6 aromatic carbocycles. The van der Waals surface area contributed by atoms with Gasteiger partial charge in [0.2, 0.25) is 0 Å². The first-order valence-electron chi connectivity index (χ1n) is 19.3. The van der Waals surface area contributed by atoms with Crippen molar-refractivity contribution in [2.75, 3.05) is 0 Å². The highest BCUT2D eigenvalue weighted by Gasteiger charge is 2.22. The van der Waals surface area contributed by atoms with E-state index in [9.17, 15) is 0 Å². The summed E-state index contributed by atoms with van der Waals surface area (Å²) in [5, 5.41) is 6.22. The Morgan fingerprint density at radius 1 is 0.345 bits per heavy atom. The Morgan fingerprint density at radius 3 is 1.53 bits per heavy atom. The molecular weight excluding hydrogens is 711 g/mol. The number of benzene rings is 6. The second-order valence-corrected chi connectivity index (χ2v) is 14.6. The molecular formula is C51H31N7. The van der Waals surface area contributed by atoms with Crippen molar-refractivity contribution in [3.05, 3.63) is 188 Å². The Hall–Kier alpha value is -8.03. The summed E-state index contributed by atoms with van der Waals surface area (Å²) in [5.41, 5.74) is 10.6. The summed E-state index contributed by atoms with van der Waals surface area (Å²) in [4.78, 5) is 26.3. The molecule has 0 amide bonds.